The number of rotatable bonds is 7. The lowest BCUT2D eigenvalue weighted by molar-refractivity contribution is 0.0438. The molecule has 0 saturated heterocycles. The summed E-state index contributed by atoms with van der Waals surface area (Å²) in [6, 6.07) is 4.59. The number of ether oxygens (including phenoxy) is 1. The van der Waals surface area contributed by atoms with Crippen LogP contribution in [-0.4, -0.2) is 31.9 Å². The Bertz CT molecular complexity index is 385. The minimum Gasteiger partial charge on any atom is -0.385 e. The first-order valence-corrected chi connectivity index (χ1v) is 6.64. The quantitative estimate of drug-likeness (QED) is 0.758. The Hall–Kier alpha value is -0.490. The van der Waals surface area contributed by atoms with E-state index in [2.05, 4.69) is 21.2 Å². The molecule has 1 aromatic carbocycles. The maximum Gasteiger partial charge on any atom is 0.129 e. The predicted molar refractivity (Wildman–Crippen MR) is 73.0 cm³/mol. The molecule has 0 aliphatic carbocycles. The van der Waals surface area contributed by atoms with Crippen molar-refractivity contribution in [2.45, 2.75) is 18.9 Å². The second kappa shape index (κ2) is 7.19. The van der Waals surface area contributed by atoms with E-state index in [1.807, 2.05) is 0 Å². The number of halogens is 2. The lowest BCUT2D eigenvalue weighted by atomic mass is 9.92. The van der Waals surface area contributed by atoms with E-state index in [1.165, 1.54) is 6.07 Å². The van der Waals surface area contributed by atoms with E-state index in [0.717, 1.165) is 4.47 Å². The molecule has 0 fully saturated rings. The van der Waals surface area contributed by atoms with Crippen molar-refractivity contribution in [2.24, 2.45) is 0 Å². The van der Waals surface area contributed by atoms with Gasteiger partial charge in [-0.1, -0.05) is 15.9 Å². The van der Waals surface area contributed by atoms with E-state index < -0.39 is 5.60 Å². The summed E-state index contributed by atoms with van der Waals surface area (Å²) in [4.78, 5) is 0. The maximum absolute atomic E-state index is 13.7. The molecule has 2 N–H and O–H groups in total. The van der Waals surface area contributed by atoms with Crippen LogP contribution in [-0.2, 0) is 10.3 Å². The largest absolute Gasteiger partial charge is 0.385 e. The van der Waals surface area contributed by atoms with Gasteiger partial charge in [-0.15, -0.1) is 0 Å². The lowest BCUT2D eigenvalue weighted by Crippen LogP contribution is -2.30. The van der Waals surface area contributed by atoms with Gasteiger partial charge < -0.3 is 15.2 Å². The second-order valence-corrected chi connectivity index (χ2v) is 5.31. The van der Waals surface area contributed by atoms with Gasteiger partial charge in [0.25, 0.3) is 0 Å². The Labute approximate surface area is 115 Å². The molecule has 1 unspecified atom stereocenters. The van der Waals surface area contributed by atoms with Gasteiger partial charge in [0.15, 0.2) is 0 Å². The van der Waals surface area contributed by atoms with E-state index in [1.54, 1.807) is 26.2 Å². The summed E-state index contributed by atoms with van der Waals surface area (Å²) in [7, 11) is 1.63. The zero-order chi connectivity index (χ0) is 13.6. The minimum atomic E-state index is -1.19. The van der Waals surface area contributed by atoms with Gasteiger partial charge in [0.2, 0.25) is 0 Å². The molecule has 0 amide bonds. The van der Waals surface area contributed by atoms with Crippen LogP contribution >= 0.6 is 15.9 Å². The summed E-state index contributed by atoms with van der Waals surface area (Å²) < 4.78 is 19.3. The third-order valence-corrected chi connectivity index (χ3v) is 3.27. The molecule has 0 radical (unpaired) electrons. The van der Waals surface area contributed by atoms with Crippen LogP contribution in [0.3, 0.4) is 0 Å². The normalized spacial score (nSPS) is 14.5. The van der Waals surface area contributed by atoms with Gasteiger partial charge in [-0.3, -0.25) is 0 Å². The number of hydrogen-bond donors (Lipinski definition) is 2. The SMILES string of the molecule is COCCNCCC(C)(O)c1cc(Br)ccc1F. The standard InChI is InChI=1S/C13H19BrFNO2/c1-13(17,5-6-16-7-8-18-2)11-9-10(14)3-4-12(11)15/h3-4,9,16-17H,5-8H2,1-2H3. The fourth-order valence-corrected chi connectivity index (χ4v) is 2.04. The van der Waals surface area contributed by atoms with Gasteiger partial charge in [0.1, 0.15) is 5.82 Å². The number of benzene rings is 1. The number of nitrogens with one attached hydrogen (secondary N) is 1. The van der Waals surface area contributed by atoms with Crippen LogP contribution in [0.5, 0.6) is 0 Å². The molecule has 102 valence electrons. The van der Waals surface area contributed by atoms with Gasteiger partial charge in [-0.2, -0.15) is 0 Å². The van der Waals surface area contributed by atoms with Crippen LogP contribution in [0.2, 0.25) is 0 Å². The van der Waals surface area contributed by atoms with Crippen molar-refractivity contribution >= 4 is 15.9 Å². The van der Waals surface area contributed by atoms with E-state index in [9.17, 15) is 9.50 Å². The first-order chi connectivity index (χ1) is 8.47. The van der Waals surface area contributed by atoms with Crippen LogP contribution in [0.4, 0.5) is 4.39 Å². The summed E-state index contributed by atoms with van der Waals surface area (Å²) in [5.74, 6) is -0.389. The molecule has 18 heavy (non-hydrogen) atoms. The molecule has 1 rings (SSSR count). The van der Waals surface area contributed by atoms with Gasteiger partial charge in [0.05, 0.1) is 12.2 Å². The Morgan fingerprint density at radius 3 is 2.83 bits per heavy atom. The maximum atomic E-state index is 13.7. The summed E-state index contributed by atoms with van der Waals surface area (Å²) in [6.45, 7) is 3.55. The molecule has 1 atom stereocenters. The number of hydrogen-bond acceptors (Lipinski definition) is 3. The molecular formula is C13H19BrFNO2. The fourth-order valence-electron chi connectivity index (χ4n) is 1.68. The summed E-state index contributed by atoms with van der Waals surface area (Å²) in [5.41, 5.74) is -0.876. The predicted octanol–water partition coefficient (Wildman–Crippen LogP) is 2.42. The Kier molecular flexibility index (Phi) is 6.21. The van der Waals surface area contributed by atoms with Gasteiger partial charge in [0, 0.05) is 23.7 Å². The molecule has 0 heterocycles. The van der Waals surface area contributed by atoms with Crippen molar-refractivity contribution < 1.29 is 14.2 Å². The van der Waals surface area contributed by atoms with Crippen molar-refractivity contribution in [2.75, 3.05) is 26.8 Å². The average molecular weight is 320 g/mol. The molecule has 5 heteroatoms. The van der Waals surface area contributed by atoms with Crippen LogP contribution in [0.1, 0.15) is 18.9 Å². The smallest absolute Gasteiger partial charge is 0.129 e. The third kappa shape index (κ3) is 4.65. The molecule has 0 aromatic heterocycles. The van der Waals surface area contributed by atoms with Crippen molar-refractivity contribution in [1.29, 1.82) is 0 Å². The Balaban J connectivity index is 2.59. The van der Waals surface area contributed by atoms with Crippen LogP contribution in [0, 0.1) is 5.82 Å². The summed E-state index contributed by atoms with van der Waals surface area (Å²) in [6.07, 6.45) is 0.435. The zero-order valence-corrected chi connectivity index (χ0v) is 12.3. The van der Waals surface area contributed by atoms with Crippen LogP contribution < -0.4 is 5.32 Å². The Morgan fingerprint density at radius 1 is 1.44 bits per heavy atom. The highest BCUT2D eigenvalue weighted by Gasteiger charge is 2.26. The third-order valence-electron chi connectivity index (χ3n) is 2.78. The molecule has 0 spiro atoms. The van der Waals surface area contributed by atoms with Crippen molar-refractivity contribution in [3.05, 3.63) is 34.1 Å². The monoisotopic (exact) mass is 319 g/mol. The molecule has 0 bridgehead atoms. The highest BCUT2D eigenvalue weighted by Crippen LogP contribution is 2.28. The van der Waals surface area contributed by atoms with E-state index in [0.29, 0.717) is 31.7 Å². The summed E-state index contributed by atoms with van der Waals surface area (Å²) in [5, 5.41) is 13.4. The van der Waals surface area contributed by atoms with E-state index in [-0.39, 0.29) is 5.82 Å². The molecular weight excluding hydrogens is 301 g/mol. The van der Waals surface area contributed by atoms with Gasteiger partial charge in [-0.05, 0) is 38.1 Å². The highest BCUT2D eigenvalue weighted by molar-refractivity contribution is 9.10. The molecule has 1 aromatic rings. The second-order valence-electron chi connectivity index (χ2n) is 4.39. The summed E-state index contributed by atoms with van der Waals surface area (Å²) >= 11 is 3.28. The van der Waals surface area contributed by atoms with Crippen molar-refractivity contribution in [1.82, 2.24) is 5.32 Å². The zero-order valence-electron chi connectivity index (χ0n) is 10.7. The lowest BCUT2D eigenvalue weighted by Gasteiger charge is -2.24. The fraction of sp³-hybridized carbons (Fsp3) is 0.538. The molecule has 3 nitrogen and oxygen atoms in total. The number of aliphatic hydroxyl groups is 1. The van der Waals surface area contributed by atoms with E-state index in [4.69, 9.17) is 4.74 Å². The van der Waals surface area contributed by atoms with Crippen molar-refractivity contribution in [3.8, 4) is 0 Å². The highest BCUT2D eigenvalue weighted by atomic mass is 79.9. The van der Waals surface area contributed by atoms with Crippen molar-refractivity contribution in [3.63, 3.8) is 0 Å². The first kappa shape index (κ1) is 15.6. The van der Waals surface area contributed by atoms with Crippen LogP contribution in [0.25, 0.3) is 0 Å². The van der Waals surface area contributed by atoms with Gasteiger partial charge in [-0.25, -0.2) is 4.39 Å². The first-order valence-electron chi connectivity index (χ1n) is 5.85. The van der Waals surface area contributed by atoms with Crippen LogP contribution in [0.15, 0.2) is 22.7 Å². The van der Waals surface area contributed by atoms with E-state index >= 15 is 0 Å². The molecule has 0 saturated carbocycles. The number of methoxy groups -OCH3 is 1. The minimum absolute atomic E-state index is 0.311. The Morgan fingerprint density at radius 2 is 2.17 bits per heavy atom. The van der Waals surface area contributed by atoms with Gasteiger partial charge >= 0.3 is 0 Å². The average Bonchev–Trinajstić information content (AvgIpc) is 2.32. The molecule has 0 aliphatic heterocycles. The molecule has 0 aliphatic rings. The topological polar surface area (TPSA) is 41.5 Å².